The van der Waals surface area contributed by atoms with Crippen LogP contribution in [0.15, 0.2) is 18.3 Å². The lowest BCUT2D eigenvalue weighted by Crippen LogP contribution is -2.27. The predicted molar refractivity (Wildman–Crippen MR) is 95.0 cm³/mol. The highest BCUT2D eigenvalue weighted by molar-refractivity contribution is 5.76. The summed E-state index contributed by atoms with van der Waals surface area (Å²) in [7, 11) is 1.87. The monoisotopic (exact) mass is 342 g/mol. The summed E-state index contributed by atoms with van der Waals surface area (Å²) in [6, 6.07) is 3.98. The van der Waals surface area contributed by atoms with Crippen molar-refractivity contribution in [1.29, 1.82) is 0 Å². The lowest BCUT2D eigenvalue weighted by molar-refractivity contribution is -0.121. The Labute approximate surface area is 148 Å². The van der Waals surface area contributed by atoms with E-state index >= 15 is 0 Å². The van der Waals surface area contributed by atoms with Gasteiger partial charge in [-0.15, -0.1) is 0 Å². The first-order valence-corrected chi connectivity index (χ1v) is 8.90. The molecule has 1 saturated heterocycles. The number of nitrogens with one attached hydrogen (secondary N) is 2. The van der Waals surface area contributed by atoms with Crippen molar-refractivity contribution < 1.29 is 4.79 Å². The first-order chi connectivity index (χ1) is 12.1. The quantitative estimate of drug-likeness (QED) is 0.825. The molecule has 3 rings (SSSR count). The van der Waals surface area contributed by atoms with Crippen LogP contribution < -0.4 is 10.6 Å². The van der Waals surface area contributed by atoms with E-state index in [1.807, 2.05) is 20.0 Å². The Morgan fingerprint density at radius 3 is 2.88 bits per heavy atom. The minimum atomic E-state index is 0.0286. The first-order valence-electron chi connectivity index (χ1n) is 8.90. The molecule has 7 nitrogen and oxygen atoms in total. The molecule has 1 fully saturated rings. The van der Waals surface area contributed by atoms with Crippen LogP contribution in [0.2, 0.25) is 0 Å². The molecule has 0 spiro atoms. The topological polar surface area (TPSA) is 84.7 Å². The molecule has 0 bridgehead atoms. The number of hydrogen-bond donors (Lipinski definition) is 2. The van der Waals surface area contributed by atoms with Crippen LogP contribution in [-0.2, 0) is 24.8 Å². The molecule has 1 aliphatic rings. The van der Waals surface area contributed by atoms with Gasteiger partial charge in [0.15, 0.2) is 0 Å². The number of rotatable bonds is 6. The SMILES string of the molecule is Cc1nc(CCC(=O)NCc2ccnn2C)cc(C2CCNCC2)n1. The van der Waals surface area contributed by atoms with Crippen molar-refractivity contribution in [3.05, 3.63) is 41.2 Å². The van der Waals surface area contributed by atoms with Gasteiger partial charge in [-0.05, 0) is 51.4 Å². The zero-order valence-electron chi connectivity index (χ0n) is 15.0. The fraction of sp³-hybridized carbons (Fsp3) is 0.556. The molecule has 0 aromatic carbocycles. The molecular weight excluding hydrogens is 316 g/mol. The van der Waals surface area contributed by atoms with E-state index < -0.39 is 0 Å². The van der Waals surface area contributed by atoms with E-state index in [-0.39, 0.29) is 5.91 Å². The molecule has 0 unspecified atom stereocenters. The van der Waals surface area contributed by atoms with Crippen LogP contribution in [0.1, 0.15) is 48.1 Å². The Morgan fingerprint density at radius 2 is 2.16 bits per heavy atom. The largest absolute Gasteiger partial charge is 0.350 e. The van der Waals surface area contributed by atoms with Gasteiger partial charge in [0, 0.05) is 37.0 Å². The van der Waals surface area contributed by atoms with Crippen molar-refractivity contribution in [2.24, 2.45) is 7.05 Å². The number of amides is 1. The first kappa shape index (κ1) is 17.5. The molecule has 7 heteroatoms. The van der Waals surface area contributed by atoms with Gasteiger partial charge in [-0.1, -0.05) is 0 Å². The molecule has 0 radical (unpaired) electrons. The third-order valence-corrected chi connectivity index (χ3v) is 4.67. The normalized spacial score (nSPS) is 15.3. The van der Waals surface area contributed by atoms with E-state index in [0.717, 1.165) is 48.8 Å². The predicted octanol–water partition coefficient (Wildman–Crippen LogP) is 1.23. The summed E-state index contributed by atoms with van der Waals surface area (Å²) in [5.74, 6) is 1.32. The number of aromatic nitrogens is 4. The van der Waals surface area contributed by atoms with Gasteiger partial charge in [-0.3, -0.25) is 9.48 Å². The number of hydrogen-bond acceptors (Lipinski definition) is 5. The summed E-state index contributed by atoms with van der Waals surface area (Å²) in [5, 5.41) is 10.4. The standard InChI is InChI=1S/C18H26N6O/c1-13-22-15(11-17(23-13)14-5-8-19-9-6-14)3-4-18(25)20-12-16-7-10-21-24(16)2/h7,10-11,14,19H,3-6,8-9,12H2,1-2H3,(H,20,25). The Balaban J connectivity index is 1.54. The summed E-state index contributed by atoms with van der Waals surface area (Å²) < 4.78 is 1.76. The van der Waals surface area contributed by atoms with Gasteiger partial charge in [0.25, 0.3) is 0 Å². The maximum atomic E-state index is 12.1. The van der Waals surface area contributed by atoms with Gasteiger partial charge in [-0.25, -0.2) is 9.97 Å². The van der Waals surface area contributed by atoms with Gasteiger partial charge in [0.05, 0.1) is 12.2 Å². The second-order valence-electron chi connectivity index (χ2n) is 6.58. The molecule has 2 N–H and O–H groups in total. The maximum Gasteiger partial charge on any atom is 0.220 e. The smallest absolute Gasteiger partial charge is 0.220 e. The van der Waals surface area contributed by atoms with Crippen molar-refractivity contribution in [2.75, 3.05) is 13.1 Å². The molecular formula is C18H26N6O. The molecule has 0 atom stereocenters. The van der Waals surface area contributed by atoms with Crippen molar-refractivity contribution in [2.45, 2.75) is 45.1 Å². The van der Waals surface area contributed by atoms with Crippen molar-refractivity contribution >= 4 is 5.91 Å². The van der Waals surface area contributed by atoms with E-state index in [0.29, 0.717) is 25.3 Å². The van der Waals surface area contributed by atoms with Crippen LogP contribution >= 0.6 is 0 Å². The van der Waals surface area contributed by atoms with Crippen LogP contribution in [-0.4, -0.2) is 38.7 Å². The van der Waals surface area contributed by atoms with Gasteiger partial charge < -0.3 is 10.6 Å². The van der Waals surface area contributed by atoms with Crippen molar-refractivity contribution in [3.8, 4) is 0 Å². The van der Waals surface area contributed by atoms with Crippen LogP contribution in [0.5, 0.6) is 0 Å². The summed E-state index contributed by atoms with van der Waals surface area (Å²) in [6.45, 7) is 4.51. The number of carbonyl (C=O) groups excluding carboxylic acids is 1. The highest BCUT2D eigenvalue weighted by atomic mass is 16.1. The van der Waals surface area contributed by atoms with Gasteiger partial charge in [0.2, 0.25) is 5.91 Å². The fourth-order valence-corrected chi connectivity index (χ4v) is 3.20. The molecule has 0 aliphatic carbocycles. The lowest BCUT2D eigenvalue weighted by atomic mass is 9.93. The summed E-state index contributed by atoms with van der Waals surface area (Å²) in [5.41, 5.74) is 3.07. The van der Waals surface area contributed by atoms with Crippen molar-refractivity contribution in [3.63, 3.8) is 0 Å². The minimum Gasteiger partial charge on any atom is -0.350 e. The summed E-state index contributed by atoms with van der Waals surface area (Å²) in [4.78, 5) is 21.2. The van der Waals surface area contributed by atoms with Crippen LogP contribution in [0.25, 0.3) is 0 Å². The van der Waals surface area contributed by atoms with Gasteiger partial charge >= 0.3 is 0 Å². The van der Waals surface area contributed by atoms with Crippen LogP contribution in [0.3, 0.4) is 0 Å². The second kappa shape index (κ2) is 8.20. The van der Waals surface area contributed by atoms with Crippen LogP contribution in [0.4, 0.5) is 0 Å². The van der Waals surface area contributed by atoms with E-state index in [1.54, 1.807) is 10.9 Å². The van der Waals surface area contributed by atoms with E-state index in [1.165, 1.54) is 0 Å². The Hall–Kier alpha value is -2.28. The Bertz CT molecular complexity index is 720. The molecule has 134 valence electrons. The molecule has 3 heterocycles. The zero-order valence-corrected chi connectivity index (χ0v) is 15.0. The number of carbonyl (C=O) groups is 1. The molecule has 1 amide bonds. The number of piperidine rings is 1. The Morgan fingerprint density at radius 1 is 1.36 bits per heavy atom. The summed E-state index contributed by atoms with van der Waals surface area (Å²) in [6.07, 6.45) is 5.02. The van der Waals surface area contributed by atoms with Gasteiger partial charge in [0.1, 0.15) is 5.82 Å². The highest BCUT2D eigenvalue weighted by Crippen LogP contribution is 2.24. The maximum absolute atomic E-state index is 12.1. The second-order valence-corrected chi connectivity index (χ2v) is 6.58. The fourth-order valence-electron chi connectivity index (χ4n) is 3.20. The number of nitrogens with zero attached hydrogens (tertiary/aromatic N) is 4. The average Bonchev–Trinajstić information content (AvgIpc) is 3.03. The van der Waals surface area contributed by atoms with E-state index in [9.17, 15) is 4.79 Å². The third kappa shape index (κ3) is 4.85. The molecule has 0 saturated carbocycles. The minimum absolute atomic E-state index is 0.0286. The molecule has 25 heavy (non-hydrogen) atoms. The molecule has 1 aliphatic heterocycles. The Kier molecular flexibility index (Phi) is 5.75. The van der Waals surface area contributed by atoms with E-state index in [4.69, 9.17) is 0 Å². The zero-order chi connectivity index (χ0) is 17.6. The average molecular weight is 342 g/mol. The molecule has 2 aromatic rings. The van der Waals surface area contributed by atoms with E-state index in [2.05, 4.69) is 31.8 Å². The molecule has 2 aromatic heterocycles. The highest BCUT2D eigenvalue weighted by Gasteiger charge is 2.18. The number of aryl methyl sites for hydroxylation is 3. The van der Waals surface area contributed by atoms with Crippen LogP contribution in [0, 0.1) is 6.92 Å². The van der Waals surface area contributed by atoms with Gasteiger partial charge in [-0.2, -0.15) is 5.10 Å². The third-order valence-electron chi connectivity index (χ3n) is 4.67. The lowest BCUT2D eigenvalue weighted by Gasteiger charge is -2.22. The summed E-state index contributed by atoms with van der Waals surface area (Å²) >= 11 is 0. The van der Waals surface area contributed by atoms with Crippen molar-refractivity contribution in [1.82, 2.24) is 30.4 Å².